The van der Waals surface area contributed by atoms with E-state index in [-0.39, 0.29) is 12.3 Å². The fraction of sp³-hybridized carbons (Fsp3) is 0.200. The highest BCUT2D eigenvalue weighted by Crippen LogP contribution is 2.25. The molecule has 8 heteroatoms. The van der Waals surface area contributed by atoms with Crippen LogP contribution < -0.4 is 10.4 Å². The first-order valence-corrected chi connectivity index (χ1v) is 7.59. The number of benzene rings is 1. The van der Waals surface area contributed by atoms with Gasteiger partial charge in [0.1, 0.15) is 12.4 Å². The minimum absolute atomic E-state index is 0.203. The lowest BCUT2D eigenvalue weighted by Gasteiger charge is -2.09. The fourth-order valence-electron chi connectivity index (χ4n) is 2.03. The van der Waals surface area contributed by atoms with Gasteiger partial charge in [0, 0.05) is 7.05 Å². The number of tetrazole rings is 1. The van der Waals surface area contributed by atoms with Crippen LogP contribution in [0.5, 0.6) is 5.75 Å². The van der Waals surface area contributed by atoms with Crippen LogP contribution in [0.15, 0.2) is 35.6 Å². The number of aryl methyl sites for hydroxylation is 2. The minimum atomic E-state index is -0.356. The van der Waals surface area contributed by atoms with Crippen LogP contribution >= 0.6 is 11.5 Å². The zero-order chi connectivity index (χ0) is 17.3. The summed E-state index contributed by atoms with van der Waals surface area (Å²) in [4.78, 5) is 12.1. The second-order valence-corrected chi connectivity index (χ2v) is 5.58. The average molecular weight is 331 g/mol. The van der Waals surface area contributed by atoms with Gasteiger partial charge in [-0.3, -0.25) is 0 Å². The molecule has 0 spiro atoms. The minimum Gasteiger partial charge on any atom is -0.488 e. The van der Waals surface area contributed by atoms with Crippen molar-refractivity contribution in [1.82, 2.24) is 24.2 Å². The Morgan fingerprint density at radius 2 is 2.30 bits per heavy atom. The quantitative estimate of drug-likeness (QED) is 0.714. The largest absolute Gasteiger partial charge is 0.488 e. The molecule has 0 amide bonds. The molecule has 3 aromatic rings. The van der Waals surface area contributed by atoms with Gasteiger partial charge in [0.15, 0.2) is 5.00 Å². The maximum absolute atomic E-state index is 12.1. The first-order chi connectivity index (χ1) is 11.5. The van der Waals surface area contributed by atoms with E-state index in [1.54, 1.807) is 24.3 Å². The summed E-state index contributed by atoms with van der Waals surface area (Å²) in [6, 6.07) is 5.57. The van der Waals surface area contributed by atoms with Crippen LogP contribution in [0.1, 0.15) is 18.2 Å². The van der Waals surface area contributed by atoms with Crippen LogP contribution in [0.25, 0.3) is 11.1 Å². The van der Waals surface area contributed by atoms with E-state index in [0.717, 1.165) is 21.8 Å². The van der Waals surface area contributed by atoms with E-state index in [2.05, 4.69) is 21.4 Å². The molecule has 0 aliphatic carbocycles. The Labute approximate surface area is 138 Å². The first kappa shape index (κ1) is 13.9. The summed E-state index contributed by atoms with van der Waals surface area (Å²) in [5.74, 6) is 0.671. The van der Waals surface area contributed by atoms with Crippen LogP contribution in [0, 0.1) is 6.92 Å². The van der Waals surface area contributed by atoms with Crippen molar-refractivity contribution >= 4 is 17.6 Å². The Balaban J connectivity index is 1.95. The molecule has 0 atom stereocenters. The highest BCUT2D eigenvalue weighted by Gasteiger charge is 2.18. The van der Waals surface area contributed by atoms with Gasteiger partial charge in [-0.25, -0.2) is 4.79 Å². The van der Waals surface area contributed by atoms with E-state index < -0.39 is 0 Å². The van der Waals surface area contributed by atoms with E-state index in [9.17, 15) is 4.79 Å². The summed E-state index contributed by atoms with van der Waals surface area (Å²) in [6.07, 6.45) is 1.61. The summed E-state index contributed by atoms with van der Waals surface area (Å²) < 4.78 is 20.1. The lowest BCUT2D eigenvalue weighted by atomic mass is 10.2. The Hall–Kier alpha value is -2.74. The van der Waals surface area contributed by atoms with Gasteiger partial charge in [-0.1, -0.05) is 24.8 Å². The third-order valence-electron chi connectivity index (χ3n) is 3.30. The second-order valence-electron chi connectivity index (χ2n) is 4.83. The predicted octanol–water partition coefficient (Wildman–Crippen LogP) is 1.95. The number of hydrogen-bond acceptors (Lipinski definition) is 6. The van der Waals surface area contributed by atoms with Crippen molar-refractivity contribution in [3.8, 4) is 10.8 Å². The molecule has 0 aliphatic heterocycles. The van der Waals surface area contributed by atoms with E-state index >= 15 is 0 Å². The van der Waals surface area contributed by atoms with E-state index in [1.165, 1.54) is 11.7 Å². The summed E-state index contributed by atoms with van der Waals surface area (Å²) in [5.41, 5.74) is 1.86. The van der Waals surface area contributed by atoms with Crippen LogP contribution in [0.4, 0.5) is 0 Å². The molecular formula is C15H15N5O2S. The summed E-state index contributed by atoms with van der Waals surface area (Å²) in [6.45, 7) is 5.83. The Bertz CT molecular complexity index is 959. The Morgan fingerprint density at radius 1 is 1.48 bits per heavy atom. The molecule has 1 aromatic carbocycles. The van der Waals surface area contributed by atoms with Gasteiger partial charge in [-0.15, -0.1) is 4.68 Å². The van der Waals surface area contributed by atoms with E-state index in [4.69, 9.17) is 6.11 Å². The molecule has 0 bridgehead atoms. The smallest absolute Gasteiger partial charge is 0.369 e. The second kappa shape index (κ2) is 6.17. The molecule has 2 heterocycles. The van der Waals surface area contributed by atoms with Crippen molar-refractivity contribution in [2.75, 3.05) is 0 Å². The van der Waals surface area contributed by atoms with Gasteiger partial charge in [0.25, 0.3) is 0 Å². The fourth-order valence-corrected chi connectivity index (χ4v) is 2.86. The van der Waals surface area contributed by atoms with Crippen molar-refractivity contribution < 1.29 is 6.11 Å². The van der Waals surface area contributed by atoms with Gasteiger partial charge >= 0.3 is 5.69 Å². The highest BCUT2D eigenvalue weighted by atomic mass is 32.1. The van der Waals surface area contributed by atoms with Gasteiger partial charge in [0.2, 0.25) is 0 Å². The van der Waals surface area contributed by atoms with Crippen molar-refractivity contribution in [2.24, 2.45) is 7.05 Å². The normalized spacial score (nSPS) is 11.3. The van der Waals surface area contributed by atoms with Gasteiger partial charge < -0.3 is 4.74 Å². The van der Waals surface area contributed by atoms with Crippen LogP contribution in [-0.2, 0) is 13.7 Å². The molecule has 0 saturated carbocycles. The molecular weight excluding hydrogens is 314 g/mol. The number of rotatable bonds is 5. The molecule has 0 fully saturated rings. The highest BCUT2D eigenvalue weighted by molar-refractivity contribution is 7.08. The third-order valence-corrected chi connectivity index (χ3v) is 4.18. The maximum atomic E-state index is 12.1. The van der Waals surface area contributed by atoms with Crippen molar-refractivity contribution in [2.45, 2.75) is 13.5 Å². The topological polar surface area (TPSA) is 74.8 Å². The van der Waals surface area contributed by atoms with Gasteiger partial charge in [-0.05, 0) is 46.6 Å². The van der Waals surface area contributed by atoms with Crippen molar-refractivity contribution in [3.05, 3.63) is 58.1 Å². The Kier molecular flexibility index (Phi) is 3.73. The van der Waals surface area contributed by atoms with Crippen LogP contribution in [-0.4, -0.2) is 24.2 Å². The molecule has 7 nitrogen and oxygen atoms in total. The summed E-state index contributed by atoms with van der Waals surface area (Å²) in [5, 5.41) is 8.12. The lowest BCUT2D eigenvalue weighted by molar-refractivity contribution is 0.303. The number of nitrogens with zero attached hydrogens (tertiary/aromatic N) is 5. The first-order valence-electron chi connectivity index (χ1n) is 7.31. The van der Waals surface area contributed by atoms with Gasteiger partial charge in [-0.2, -0.15) is 9.06 Å². The summed E-state index contributed by atoms with van der Waals surface area (Å²) in [7, 11) is 1.53. The number of para-hydroxylation sites is 1. The molecule has 0 unspecified atom stereocenters. The molecule has 0 radical (unpaired) electrons. The lowest BCUT2D eigenvalue weighted by Crippen LogP contribution is -2.22. The van der Waals surface area contributed by atoms with Crippen LogP contribution in [0.2, 0.25) is 0 Å². The number of hydrogen-bond donors (Lipinski definition) is 0. The van der Waals surface area contributed by atoms with E-state index in [0.29, 0.717) is 28.1 Å². The predicted molar refractivity (Wildman–Crippen MR) is 87.9 cm³/mol. The molecule has 3 rings (SSSR count). The SMILES string of the molecule is [3H]c1ccc(OCc2c(C=C)nsc2-n2nnn(C)c2=O)c(C)c1. The third kappa shape index (κ3) is 2.80. The van der Waals surface area contributed by atoms with E-state index in [1.807, 2.05) is 6.92 Å². The molecule has 0 aliphatic rings. The zero-order valence-corrected chi connectivity index (χ0v) is 13.5. The number of aromatic nitrogens is 5. The zero-order valence-electron chi connectivity index (χ0n) is 13.7. The van der Waals surface area contributed by atoms with Crippen molar-refractivity contribution in [3.63, 3.8) is 0 Å². The molecule has 118 valence electrons. The van der Waals surface area contributed by atoms with Crippen molar-refractivity contribution in [1.29, 1.82) is 0 Å². The van der Waals surface area contributed by atoms with Gasteiger partial charge in [0.05, 0.1) is 12.6 Å². The standard InChI is InChI=1S/C15H15N5O2S/c1-4-12-11(9-22-13-8-6-5-7-10(13)2)14(23-16-12)20-15(21)19(3)17-18-20/h4-8H,1,9H2,2-3H3/i5T. The molecule has 0 N–H and O–H groups in total. The average Bonchev–Trinajstić information content (AvgIpc) is 3.10. The summed E-state index contributed by atoms with van der Waals surface area (Å²) >= 11 is 1.14. The van der Waals surface area contributed by atoms with Crippen LogP contribution in [0.3, 0.4) is 0 Å². The Morgan fingerprint density at radius 3 is 2.96 bits per heavy atom. The number of ether oxygens (including phenoxy) is 1. The monoisotopic (exact) mass is 331 g/mol. The molecule has 0 saturated heterocycles. The maximum Gasteiger partial charge on any atom is 0.369 e. The molecule has 23 heavy (non-hydrogen) atoms. The molecule has 2 aromatic heterocycles.